The van der Waals surface area contributed by atoms with Gasteiger partial charge >= 0.3 is 0 Å². The smallest absolute Gasteiger partial charge is 0.260 e. The Morgan fingerprint density at radius 1 is 0.939 bits per heavy atom. The minimum absolute atomic E-state index is 0. The first kappa shape index (κ1) is 24.7. The van der Waals surface area contributed by atoms with Gasteiger partial charge < -0.3 is 9.64 Å². The Labute approximate surface area is 205 Å². The molecule has 1 amide bonds. The summed E-state index contributed by atoms with van der Waals surface area (Å²) in [6.45, 7) is 1.31. The Balaban J connectivity index is 0.00000306. The van der Waals surface area contributed by atoms with Crippen LogP contribution in [-0.4, -0.2) is 50.1 Å². The summed E-state index contributed by atoms with van der Waals surface area (Å²) in [5.41, 5.74) is 3.94. The third-order valence-electron chi connectivity index (χ3n) is 5.28. The van der Waals surface area contributed by atoms with E-state index in [1.807, 2.05) is 74.8 Å². The van der Waals surface area contributed by atoms with Gasteiger partial charge in [0.1, 0.15) is 5.75 Å². The maximum absolute atomic E-state index is 13.5. The highest BCUT2D eigenvalue weighted by molar-refractivity contribution is 7.22. The van der Waals surface area contributed by atoms with E-state index in [0.717, 1.165) is 28.9 Å². The number of carbonyl (C=O) groups excluding carboxylic acids is 1. The monoisotopic (exact) mass is 481 g/mol. The van der Waals surface area contributed by atoms with E-state index in [0.29, 0.717) is 17.2 Å². The molecule has 172 valence electrons. The van der Waals surface area contributed by atoms with Crippen LogP contribution >= 0.6 is 23.7 Å². The Kier molecular flexibility index (Phi) is 8.44. The second kappa shape index (κ2) is 11.3. The van der Waals surface area contributed by atoms with E-state index in [2.05, 4.69) is 17.0 Å². The van der Waals surface area contributed by atoms with Gasteiger partial charge in [0.05, 0.1) is 17.3 Å². The van der Waals surface area contributed by atoms with Gasteiger partial charge in [0, 0.05) is 24.7 Å². The fourth-order valence-corrected chi connectivity index (χ4v) is 4.44. The van der Waals surface area contributed by atoms with Crippen molar-refractivity contribution in [2.24, 2.45) is 0 Å². The van der Waals surface area contributed by atoms with Gasteiger partial charge in [-0.15, -0.1) is 12.4 Å². The number of likely N-dealkylation sites (N-methyl/N-ethyl adjacent to an activating group) is 1. The normalized spacial score (nSPS) is 10.8. The van der Waals surface area contributed by atoms with Crippen LogP contribution in [0.3, 0.4) is 0 Å². The number of benzene rings is 3. The molecule has 4 rings (SSSR count). The number of anilines is 1. The molecular weight excluding hydrogens is 454 g/mol. The van der Waals surface area contributed by atoms with Crippen molar-refractivity contribution in [2.45, 2.75) is 6.42 Å². The summed E-state index contributed by atoms with van der Waals surface area (Å²) in [5.74, 6) is 0.721. The minimum atomic E-state index is -0.0378. The molecule has 5 nitrogen and oxygen atoms in total. The van der Waals surface area contributed by atoms with Crippen LogP contribution in [0.15, 0.2) is 72.8 Å². The van der Waals surface area contributed by atoms with E-state index in [1.165, 1.54) is 22.5 Å². The maximum atomic E-state index is 13.5. The Morgan fingerprint density at radius 3 is 2.30 bits per heavy atom. The number of thiazole rings is 1. The topological polar surface area (TPSA) is 45.7 Å². The summed E-state index contributed by atoms with van der Waals surface area (Å²) in [6, 6.07) is 24.1. The van der Waals surface area contributed by atoms with Gasteiger partial charge in [0.25, 0.3) is 5.91 Å². The average Bonchev–Trinajstić information content (AvgIpc) is 3.23. The first-order chi connectivity index (χ1) is 15.5. The van der Waals surface area contributed by atoms with E-state index in [1.54, 1.807) is 12.0 Å². The van der Waals surface area contributed by atoms with Crippen LogP contribution in [0.25, 0.3) is 10.2 Å². The zero-order valence-electron chi connectivity index (χ0n) is 19.0. The molecule has 0 fully saturated rings. The van der Waals surface area contributed by atoms with Gasteiger partial charge in [-0.05, 0) is 55.9 Å². The molecule has 0 aliphatic carbocycles. The van der Waals surface area contributed by atoms with Gasteiger partial charge in [-0.1, -0.05) is 53.8 Å². The summed E-state index contributed by atoms with van der Waals surface area (Å²) in [7, 11) is 5.65. The zero-order valence-corrected chi connectivity index (χ0v) is 20.7. The van der Waals surface area contributed by atoms with E-state index in [9.17, 15) is 4.79 Å². The number of nitrogens with zero attached hydrogens (tertiary/aromatic N) is 3. The number of fused-ring (bicyclic) bond motifs is 1. The molecule has 0 N–H and O–H groups in total. The van der Waals surface area contributed by atoms with Crippen molar-refractivity contribution < 1.29 is 9.53 Å². The highest BCUT2D eigenvalue weighted by Crippen LogP contribution is 2.32. The van der Waals surface area contributed by atoms with E-state index >= 15 is 0 Å². The Hall–Kier alpha value is -2.93. The molecule has 3 aromatic carbocycles. The first-order valence-electron chi connectivity index (χ1n) is 10.6. The van der Waals surface area contributed by atoms with Gasteiger partial charge in [-0.2, -0.15) is 0 Å². The van der Waals surface area contributed by atoms with Crippen molar-refractivity contribution in [1.82, 2.24) is 9.88 Å². The molecule has 0 aliphatic heterocycles. The number of halogens is 1. The Morgan fingerprint density at radius 2 is 1.64 bits per heavy atom. The molecule has 0 radical (unpaired) electrons. The number of aromatic nitrogens is 1. The van der Waals surface area contributed by atoms with Gasteiger partial charge in [0.2, 0.25) is 0 Å². The molecule has 4 aromatic rings. The lowest BCUT2D eigenvalue weighted by Crippen LogP contribution is -2.36. The van der Waals surface area contributed by atoms with Crippen LogP contribution in [0.5, 0.6) is 5.75 Å². The van der Waals surface area contributed by atoms with Crippen molar-refractivity contribution in [3.05, 3.63) is 89.5 Å². The quantitative estimate of drug-likeness (QED) is 0.332. The summed E-state index contributed by atoms with van der Waals surface area (Å²) < 4.78 is 6.35. The lowest BCUT2D eigenvalue weighted by molar-refractivity contribution is 0.0985. The fourth-order valence-electron chi connectivity index (χ4n) is 3.47. The Bertz CT molecular complexity index is 1190. The number of rotatable bonds is 8. The third-order valence-corrected chi connectivity index (χ3v) is 6.34. The summed E-state index contributed by atoms with van der Waals surface area (Å²) in [4.78, 5) is 22.1. The lowest BCUT2D eigenvalue weighted by atomic mass is 10.0. The molecule has 0 unspecified atom stereocenters. The van der Waals surface area contributed by atoms with Crippen LogP contribution in [-0.2, 0) is 6.42 Å². The molecule has 0 saturated heterocycles. The highest BCUT2D eigenvalue weighted by Gasteiger charge is 2.21. The number of hydrogen-bond donors (Lipinski definition) is 0. The lowest BCUT2D eigenvalue weighted by Gasteiger charge is -2.22. The van der Waals surface area contributed by atoms with Gasteiger partial charge in [-0.3, -0.25) is 9.69 Å². The van der Waals surface area contributed by atoms with Crippen molar-refractivity contribution in [3.63, 3.8) is 0 Å². The van der Waals surface area contributed by atoms with Crippen LogP contribution in [0.4, 0.5) is 5.13 Å². The van der Waals surface area contributed by atoms with E-state index in [-0.39, 0.29) is 18.3 Å². The van der Waals surface area contributed by atoms with Crippen molar-refractivity contribution in [1.29, 1.82) is 0 Å². The third kappa shape index (κ3) is 6.11. The molecule has 1 aromatic heterocycles. The summed E-state index contributed by atoms with van der Waals surface area (Å²) in [5, 5.41) is 0.702. The predicted octanol–water partition coefficient (Wildman–Crippen LogP) is 5.53. The van der Waals surface area contributed by atoms with Gasteiger partial charge in [0.15, 0.2) is 5.13 Å². The predicted molar refractivity (Wildman–Crippen MR) is 139 cm³/mol. The maximum Gasteiger partial charge on any atom is 0.260 e. The SMILES string of the molecule is COc1ccc2sc(N(CCN(C)C)C(=O)c3ccc(Cc4ccccc4)cc3)nc2c1.Cl. The number of amides is 1. The second-order valence-corrected chi connectivity index (χ2v) is 8.96. The van der Waals surface area contributed by atoms with Crippen LogP contribution in [0, 0.1) is 0 Å². The van der Waals surface area contributed by atoms with E-state index in [4.69, 9.17) is 9.72 Å². The van der Waals surface area contributed by atoms with Crippen molar-refractivity contribution >= 4 is 45.0 Å². The number of carbonyl (C=O) groups is 1. The molecule has 0 atom stereocenters. The molecule has 0 bridgehead atoms. The van der Waals surface area contributed by atoms with Crippen LogP contribution < -0.4 is 9.64 Å². The largest absolute Gasteiger partial charge is 0.497 e. The van der Waals surface area contributed by atoms with Crippen LogP contribution in [0.2, 0.25) is 0 Å². The summed E-state index contributed by atoms with van der Waals surface area (Å²) >= 11 is 1.52. The minimum Gasteiger partial charge on any atom is -0.497 e. The molecular formula is C26H28ClN3O2S. The highest BCUT2D eigenvalue weighted by atomic mass is 35.5. The standard InChI is InChI=1S/C26H27N3O2S.ClH/c1-28(2)15-16-29(26-27-23-18-22(31-3)13-14-24(23)32-26)25(30)21-11-9-20(10-12-21)17-19-7-5-4-6-8-19;/h4-14,18H,15-17H2,1-3H3;1H. The molecule has 33 heavy (non-hydrogen) atoms. The molecule has 0 spiro atoms. The molecule has 0 aliphatic rings. The second-order valence-electron chi connectivity index (χ2n) is 7.95. The molecule has 1 heterocycles. The number of ether oxygens (including phenoxy) is 1. The van der Waals surface area contributed by atoms with Crippen molar-refractivity contribution in [2.75, 3.05) is 39.2 Å². The average molecular weight is 482 g/mol. The van der Waals surface area contributed by atoms with E-state index < -0.39 is 0 Å². The van der Waals surface area contributed by atoms with Crippen molar-refractivity contribution in [3.8, 4) is 5.75 Å². The molecule has 0 saturated carbocycles. The fraction of sp³-hybridized carbons (Fsp3) is 0.231. The van der Waals surface area contributed by atoms with Crippen LogP contribution in [0.1, 0.15) is 21.5 Å². The number of methoxy groups -OCH3 is 1. The molecule has 7 heteroatoms. The van der Waals surface area contributed by atoms with Gasteiger partial charge in [-0.25, -0.2) is 4.98 Å². The zero-order chi connectivity index (χ0) is 22.5. The summed E-state index contributed by atoms with van der Waals surface area (Å²) in [6.07, 6.45) is 0.847. The first-order valence-corrected chi connectivity index (χ1v) is 11.4. The number of hydrogen-bond acceptors (Lipinski definition) is 5.